The molecular formula is C12H24N2. The molecule has 2 fully saturated rings. The van der Waals surface area contributed by atoms with Gasteiger partial charge in [0.25, 0.3) is 0 Å². The Hall–Kier alpha value is -0.0800. The molecule has 0 spiro atoms. The zero-order valence-electron chi connectivity index (χ0n) is 9.44. The average Bonchev–Trinajstić information content (AvgIpc) is 2.92. The molecule has 0 bridgehead atoms. The van der Waals surface area contributed by atoms with Gasteiger partial charge in [-0.25, -0.2) is 0 Å². The predicted octanol–water partition coefficient (Wildman–Crippen LogP) is 1.91. The Morgan fingerprint density at radius 3 is 2.50 bits per heavy atom. The van der Waals surface area contributed by atoms with Crippen LogP contribution in [0.1, 0.15) is 45.4 Å². The Bertz CT molecular complexity index is 166. The molecule has 0 heterocycles. The summed E-state index contributed by atoms with van der Waals surface area (Å²) in [5.41, 5.74) is 0.680. The Balaban J connectivity index is 1.48. The van der Waals surface area contributed by atoms with E-state index in [1.807, 2.05) is 0 Å². The molecule has 0 unspecified atom stereocenters. The first kappa shape index (κ1) is 10.4. The van der Waals surface area contributed by atoms with E-state index >= 15 is 0 Å². The first-order valence-electron chi connectivity index (χ1n) is 6.29. The van der Waals surface area contributed by atoms with Crippen molar-refractivity contribution in [2.24, 2.45) is 5.41 Å². The fourth-order valence-corrected chi connectivity index (χ4v) is 2.34. The normalized spacial score (nSPS) is 24.6. The van der Waals surface area contributed by atoms with Gasteiger partial charge in [0.15, 0.2) is 0 Å². The van der Waals surface area contributed by atoms with Crippen molar-refractivity contribution in [1.82, 2.24) is 10.6 Å². The highest BCUT2D eigenvalue weighted by Crippen LogP contribution is 2.42. The molecule has 2 saturated carbocycles. The van der Waals surface area contributed by atoms with Crippen LogP contribution in [0.25, 0.3) is 0 Å². The van der Waals surface area contributed by atoms with Crippen LogP contribution in [0.5, 0.6) is 0 Å². The van der Waals surface area contributed by atoms with E-state index in [1.54, 1.807) is 0 Å². The third kappa shape index (κ3) is 2.71. The van der Waals surface area contributed by atoms with Gasteiger partial charge in [0.2, 0.25) is 0 Å². The van der Waals surface area contributed by atoms with Crippen LogP contribution in [0, 0.1) is 5.41 Å². The van der Waals surface area contributed by atoms with E-state index in [9.17, 15) is 0 Å². The van der Waals surface area contributed by atoms with Crippen LogP contribution in [-0.4, -0.2) is 25.7 Å². The molecule has 2 N–H and O–H groups in total. The summed E-state index contributed by atoms with van der Waals surface area (Å²) in [6.45, 7) is 5.89. The predicted molar refractivity (Wildman–Crippen MR) is 60.5 cm³/mol. The Kier molecular flexibility index (Phi) is 3.45. The molecule has 2 aliphatic carbocycles. The van der Waals surface area contributed by atoms with E-state index in [0.717, 1.165) is 19.1 Å². The zero-order chi connectivity index (χ0) is 9.86. The van der Waals surface area contributed by atoms with Gasteiger partial charge in [-0.05, 0) is 37.5 Å². The molecule has 0 atom stereocenters. The number of rotatable bonds is 7. The maximum absolute atomic E-state index is 3.60. The van der Waals surface area contributed by atoms with Crippen molar-refractivity contribution in [3.63, 3.8) is 0 Å². The van der Waals surface area contributed by atoms with Crippen molar-refractivity contribution in [3.05, 3.63) is 0 Å². The van der Waals surface area contributed by atoms with Crippen LogP contribution in [-0.2, 0) is 0 Å². The molecule has 2 aliphatic rings. The van der Waals surface area contributed by atoms with Gasteiger partial charge < -0.3 is 10.6 Å². The Labute approximate surface area is 87.8 Å². The molecule has 2 rings (SSSR count). The standard InChI is InChI=1S/C12H24N2/c1-2-12(6-3-7-12)10-13-8-9-14-11-4-5-11/h11,13-14H,2-10H2,1H3. The highest BCUT2D eigenvalue weighted by atomic mass is 15.0. The van der Waals surface area contributed by atoms with E-state index in [1.165, 1.54) is 45.1 Å². The third-order valence-corrected chi connectivity index (χ3v) is 3.98. The van der Waals surface area contributed by atoms with E-state index in [4.69, 9.17) is 0 Å². The highest BCUT2D eigenvalue weighted by molar-refractivity contribution is 4.88. The van der Waals surface area contributed by atoms with Crippen LogP contribution in [0.15, 0.2) is 0 Å². The molecule has 0 amide bonds. The summed E-state index contributed by atoms with van der Waals surface area (Å²) in [6.07, 6.45) is 8.52. The molecular weight excluding hydrogens is 172 g/mol. The summed E-state index contributed by atoms with van der Waals surface area (Å²) in [5.74, 6) is 0. The number of hydrogen-bond acceptors (Lipinski definition) is 2. The van der Waals surface area contributed by atoms with Gasteiger partial charge in [-0.1, -0.05) is 13.3 Å². The van der Waals surface area contributed by atoms with Crippen LogP contribution in [0.2, 0.25) is 0 Å². The fraction of sp³-hybridized carbons (Fsp3) is 1.00. The summed E-state index contributed by atoms with van der Waals surface area (Å²) >= 11 is 0. The molecule has 0 aromatic carbocycles. The van der Waals surface area contributed by atoms with E-state index < -0.39 is 0 Å². The van der Waals surface area contributed by atoms with Crippen molar-refractivity contribution in [2.75, 3.05) is 19.6 Å². The molecule has 2 nitrogen and oxygen atoms in total. The molecule has 14 heavy (non-hydrogen) atoms. The number of hydrogen-bond donors (Lipinski definition) is 2. The third-order valence-electron chi connectivity index (χ3n) is 3.98. The minimum absolute atomic E-state index is 0.680. The lowest BCUT2D eigenvalue weighted by Crippen LogP contribution is -2.41. The van der Waals surface area contributed by atoms with Crippen molar-refractivity contribution < 1.29 is 0 Å². The second-order valence-corrected chi connectivity index (χ2v) is 5.11. The van der Waals surface area contributed by atoms with Crippen molar-refractivity contribution in [2.45, 2.75) is 51.5 Å². The van der Waals surface area contributed by atoms with E-state index in [2.05, 4.69) is 17.6 Å². The second kappa shape index (κ2) is 4.63. The van der Waals surface area contributed by atoms with Gasteiger partial charge in [0.1, 0.15) is 0 Å². The Morgan fingerprint density at radius 2 is 2.00 bits per heavy atom. The van der Waals surface area contributed by atoms with E-state index in [0.29, 0.717) is 5.41 Å². The quantitative estimate of drug-likeness (QED) is 0.608. The van der Waals surface area contributed by atoms with Gasteiger partial charge >= 0.3 is 0 Å². The minimum Gasteiger partial charge on any atom is -0.315 e. The summed E-state index contributed by atoms with van der Waals surface area (Å²) in [5, 5.41) is 7.13. The van der Waals surface area contributed by atoms with Crippen LogP contribution < -0.4 is 10.6 Å². The van der Waals surface area contributed by atoms with Crippen molar-refractivity contribution >= 4 is 0 Å². The second-order valence-electron chi connectivity index (χ2n) is 5.11. The molecule has 0 saturated heterocycles. The van der Waals surface area contributed by atoms with Gasteiger partial charge in [-0.2, -0.15) is 0 Å². The van der Waals surface area contributed by atoms with Gasteiger partial charge in [0.05, 0.1) is 0 Å². The largest absolute Gasteiger partial charge is 0.315 e. The number of nitrogens with one attached hydrogen (secondary N) is 2. The maximum Gasteiger partial charge on any atom is 0.00793 e. The van der Waals surface area contributed by atoms with Crippen LogP contribution in [0.3, 0.4) is 0 Å². The Morgan fingerprint density at radius 1 is 1.21 bits per heavy atom. The lowest BCUT2D eigenvalue weighted by atomic mass is 9.67. The molecule has 0 radical (unpaired) electrons. The van der Waals surface area contributed by atoms with Crippen LogP contribution >= 0.6 is 0 Å². The first-order chi connectivity index (χ1) is 6.85. The van der Waals surface area contributed by atoms with Crippen molar-refractivity contribution in [3.8, 4) is 0 Å². The summed E-state index contributed by atoms with van der Waals surface area (Å²) < 4.78 is 0. The van der Waals surface area contributed by atoms with Crippen LogP contribution in [0.4, 0.5) is 0 Å². The van der Waals surface area contributed by atoms with Gasteiger partial charge in [-0.15, -0.1) is 0 Å². The van der Waals surface area contributed by atoms with Gasteiger partial charge in [-0.3, -0.25) is 0 Å². The first-order valence-corrected chi connectivity index (χ1v) is 6.29. The highest BCUT2D eigenvalue weighted by Gasteiger charge is 2.34. The topological polar surface area (TPSA) is 24.1 Å². The summed E-state index contributed by atoms with van der Waals surface area (Å²) in [4.78, 5) is 0. The van der Waals surface area contributed by atoms with Gasteiger partial charge in [0, 0.05) is 25.7 Å². The SMILES string of the molecule is CCC1(CNCCNC2CC2)CCC1. The molecule has 0 aliphatic heterocycles. The molecule has 82 valence electrons. The molecule has 2 heteroatoms. The van der Waals surface area contributed by atoms with Crippen molar-refractivity contribution in [1.29, 1.82) is 0 Å². The lowest BCUT2D eigenvalue weighted by molar-refractivity contribution is 0.124. The minimum atomic E-state index is 0.680. The fourth-order valence-electron chi connectivity index (χ4n) is 2.34. The lowest BCUT2D eigenvalue weighted by Gasteiger charge is -2.41. The molecule has 0 aromatic rings. The summed E-state index contributed by atoms with van der Waals surface area (Å²) in [7, 11) is 0. The van der Waals surface area contributed by atoms with E-state index in [-0.39, 0.29) is 0 Å². The summed E-state index contributed by atoms with van der Waals surface area (Å²) in [6, 6.07) is 0.862. The smallest absolute Gasteiger partial charge is 0.00793 e. The molecule has 0 aromatic heterocycles. The zero-order valence-corrected chi connectivity index (χ0v) is 9.44. The monoisotopic (exact) mass is 196 g/mol. The average molecular weight is 196 g/mol. The maximum atomic E-state index is 3.60.